The SMILES string of the molecule is CC(C)C1=C[C@@H](O)OC1=O. The van der Waals surface area contributed by atoms with Crippen LogP contribution in [0.5, 0.6) is 0 Å². The van der Waals surface area contributed by atoms with Crippen LogP contribution >= 0.6 is 0 Å². The number of hydrogen-bond acceptors (Lipinski definition) is 3. The molecule has 0 amide bonds. The summed E-state index contributed by atoms with van der Waals surface area (Å²) in [5.74, 6) is -0.271. The maximum absolute atomic E-state index is 10.8. The van der Waals surface area contributed by atoms with Gasteiger partial charge in [0.2, 0.25) is 6.29 Å². The number of aliphatic hydroxyl groups excluding tert-OH is 1. The standard InChI is InChI=1S/C7H10O3/c1-4(2)5-3-6(8)10-7(5)9/h3-4,6,8H,1-2H3/t6-/m0/s1. The summed E-state index contributed by atoms with van der Waals surface area (Å²) in [5.41, 5.74) is 0.563. The number of rotatable bonds is 1. The van der Waals surface area contributed by atoms with Crippen molar-refractivity contribution < 1.29 is 14.6 Å². The van der Waals surface area contributed by atoms with Crippen molar-refractivity contribution in [2.24, 2.45) is 5.92 Å². The van der Waals surface area contributed by atoms with Gasteiger partial charge in [-0.1, -0.05) is 13.8 Å². The van der Waals surface area contributed by atoms with Crippen LogP contribution in [0.2, 0.25) is 0 Å². The first-order valence-electron chi connectivity index (χ1n) is 3.22. The Bertz CT molecular complexity index is 181. The van der Waals surface area contributed by atoms with E-state index in [0.29, 0.717) is 5.57 Å². The highest BCUT2D eigenvalue weighted by Gasteiger charge is 2.25. The molecule has 3 nitrogen and oxygen atoms in total. The van der Waals surface area contributed by atoms with Gasteiger partial charge in [0.05, 0.1) is 0 Å². The Labute approximate surface area is 59.3 Å². The number of ether oxygens (including phenoxy) is 1. The van der Waals surface area contributed by atoms with Crippen molar-refractivity contribution in [3.8, 4) is 0 Å². The molecule has 1 N–H and O–H groups in total. The quantitative estimate of drug-likeness (QED) is 0.540. The highest BCUT2D eigenvalue weighted by molar-refractivity contribution is 5.91. The number of cyclic esters (lactones) is 1. The first-order chi connectivity index (χ1) is 4.61. The minimum Gasteiger partial charge on any atom is -0.429 e. The fourth-order valence-electron chi connectivity index (χ4n) is 0.862. The van der Waals surface area contributed by atoms with E-state index in [-0.39, 0.29) is 5.92 Å². The molecule has 0 unspecified atom stereocenters. The maximum Gasteiger partial charge on any atom is 0.336 e. The van der Waals surface area contributed by atoms with Gasteiger partial charge in [0.15, 0.2) is 0 Å². The minimum atomic E-state index is -1.02. The largest absolute Gasteiger partial charge is 0.429 e. The molecule has 3 heteroatoms. The lowest BCUT2D eigenvalue weighted by Crippen LogP contribution is -2.08. The molecule has 0 saturated carbocycles. The molecule has 0 aromatic heterocycles. The van der Waals surface area contributed by atoms with Crippen LogP contribution in [-0.2, 0) is 9.53 Å². The van der Waals surface area contributed by atoms with Crippen LogP contribution in [-0.4, -0.2) is 17.4 Å². The Morgan fingerprint density at radius 2 is 2.30 bits per heavy atom. The van der Waals surface area contributed by atoms with Crippen molar-refractivity contribution in [3.63, 3.8) is 0 Å². The zero-order chi connectivity index (χ0) is 7.72. The Hall–Kier alpha value is -0.830. The van der Waals surface area contributed by atoms with Gasteiger partial charge in [-0.15, -0.1) is 0 Å². The van der Waals surface area contributed by atoms with Crippen molar-refractivity contribution in [3.05, 3.63) is 11.6 Å². The Morgan fingerprint density at radius 1 is 1.70 bits per heavy atom. The molecular formula is C7H10O3. The topological polar surface area (TPSA) is 46.5 Å². The van der Waals surface area contributed by atoms with Crippen LogP contribution < -0.4 is 0 Å². The van der Waals surface area contributed by atoms with Gasteiger partial charge in [-0.25, -0.2) is 4.79 Å². The lowest BCUT2D eigenvalue weighted by molar-refractivity contribution is -0.151. The number of aliphatic hydroxyl groups is 1. The van der Waals surface area contributed by atoms with Crippen LogP contribution in [0.4, 0.5) is 0 Å². The number of hydrogen-bond donors (Lipinski definition) is 1. The third kappa shape index (κ3) is 1.19. The second-order valence-corrected chi connectivity index (χ2v) is 2.57. The lowest BCUT2D eigenvalue weighted by Gasteiger charge is -2.00. The van der Waals surface area contributed by atoms with Gasteiger partial charge in [0.25, 0.3) is 0 Å². The van der Waals surface area contributed by atoms with E-state index in [2.05, 4.69) is 4.74 Å². The Morgan fingerprint density at radius 3 is 2.50 bits per heavy atom. The van der Waals surface area contributed by atoms with Crippen molar-refractivity contribution in [1.82, 2.24) is 0 Å². The fourth-order valence-corrected chi connectivity index (χ4v) is 0.862. The molecule has 1 heterocycles. The summed E-state index contributed by atoms with van der Waals surface area (Å²) in [6.45, 7) is 3.76. The summed E-state index contributed by atoms with van der Waals surface area (Å²) in [6, 6.07) is 0. The van der Waals surface area contributed by atoms with Crippen molar-refractivity contribution >= 4 is 5.97 Å². The normalized spacial score (nSPS) is 25.0. The maximum atomic E-state index is 10.8. The predicted molar refractivity (Wildman–Crippen MR) is 35.0 cm³/mol. The van der Waals surface area contributed by atoms with E-state index in [4.69, 9.17) is 5.11 Å². The average Bonchev–Trinajstić information content (AvgIpc) is 2.10. The monoisotopic (exact) mass is 142 g/mol. The predicted octanol–water partition coefficient (Wildman–Crippen LogP) is 0.444. The van der Waals surface area contributed by atoms with Gasteiger partial charge < -0.3 is 9.84 Å². The van der Waals surface area contributed by atoms with Gasteiger partial charge >= 0.3 is 5.97 Å². The first-order valence-corrected chi connectivity index (χ1v) is 3.22. The molecule has 1 rings (SSSR count). The molecule has 56 valence electrons. The number of esters is 1. The molecule has 0 bridgehead atoms. The van der Waals surface area contributed by atoms with Crippen LogP contribution in [0.3, 0.4) is 0 Å². The smallest absolute Gasteiger partial charge is 0.336 e. The van der Waals surface area contributed by atoms with Gasteiger partial charge in [-0.05, 0) is 12.0 Å². The zero-order valence-corrected chi connectivity index (χ0v) is 6.00. The van der Waals surface area contributed by atoms with E-state index in [1.54, 1.807) is 0 Å². The van der Waals surface area contributed by atoms with Crippen LogP contribution in [0.1, 0.15) is 13.8 Å². The van der Waals surface area contributed by atoms with Gasteiger partial charge in [0, 0.05) is 5.57 Å². The summed E-state index contributed by atoms with van der Waals surface area (Å²) in [7, 11) is 0. The first kappa shape index (κ1) is 7.28. The molecule has 1 atom stereocenters. The molecule has 0 aromatic carbocycles. The summed E-state index contributed by atoms with van der Waals surface area (Å²) in [5, 5.41) is 8.80. The fraction of sp³-hybridized carbons (Fsp3) is 0.571. The second-order valence-electron chi connectivity index (χ2n) is 2.57. The molecule has 0 fully saturated rings. The minimum absolute atomic E-state index is 0.129. The molecule has 1 aliphatic rings. The van der Waals surface area contributed by atoms with E-state index in [0.717, 1.165) is 0 Å². The molecular weight excluding hydrogens is 132 g/mol. The summed E-state index contributed by atoms with van der Waals surface area (Å²) in [4.78, 5) is 10.8. The number of carbonyl (C=O) groups is 1. The van der Waals surface area contributed by atoms with Crippen molar-refractivity contribution in [2.75, 3.05) is 0 Å². The van der Waals surface area contributed by atoms with Crippen LogP contribution in [0, 0.1) is 5.92 Å². The van der Waals surface area contributed by atoms with E-state index < -0.39 is 12.3 Å². The van der Waals surface area contributed by atoms with Gasteiger partial charge in [-0.2, -0.15) is 0 Å². The van der Waals surface area contributed by atoms with E-state index in [1.165, 1.54) is 6.08 Å². The van der Waals surface area contributed by atoms with Crippen molar-refractivity contribution in [2.45, 2.75) is 20.1 Å². The van der Waals surface area contributed by atoms with Crippen LogP contribution in [0.25, 0.3) is 0 Å². The summed E-state index contributed by atoms with van der Waals surface area (Å²) >= 11 is 0. The molecule has 0 aromatic rings. The molecule has 10 heavy (non-hydrogen) atoms. The third-order valence-corrected chi connectivity index (χ3v) is 1.41. The highest BCUT2D eigenvalue weighted by Crippen LogP contribution is 2.18. The number of carbonyl (C=O) groups excluding carboxylic acids is 1. The average molecular weight is 142 g/mol. The van der Waals surface area contributed by atoms with Crippen molar-refractivity contribution in [1.29, 1.82) is 0 Å². The molecule has 0 saturated heterocycles. The Kier molecular flexibility index (Phi) is 1.76. The van der Waals surface area contributed by atoms with Gasteiger partial charge in [-0.3, -0.25) is 0 Å². The molecule has 0 radical (unpaired) electrons. The van der Waals surface area contributed by atoms with Gasteiger partial charge in [0.1, 0.15) is 0 Å². The summed E-state index contributed by atoms with van der Waals surface area (Å²) < 4.78 is 4.46. The van der Waals surface area contributed by atoms with E-state index >= 15 is 0 Å². The molecule has 1 aliphatic heterocycles. The second kappa shape index (κ2) is 2.42. The molecule has 0 aliphatic carbocycles. The highest BCUT2D eigenvalue weighted by atomic mass is 16.6. The zero-order valence-electron chi connectivity index (χ0n) is 6.00. The Balaban J connectivity index is 2.75. The van der Waals surface area contributed by atoms with E-state index in [1.807, 2.05) is 13.8 Å². The third-order valence-electron chi connectivity index (χ3n) is 1.41. The summed E-state index contributed by atoms with van der Waals surface area (Å²) in [6.07, 6.45) is 0.414. The van der Waals surface area contributed by atoms with Crippen LogP contribution in [0.15, 0.2) is 11.6 Å². The van der Waals surface area contributed by atoms with E-state index in [9.17, 15) is 4.79 Å². The lowest BCUT2D eigenvalue weighted by atomic mass is 10.0. The molecule has 0 spiro atoms.